The molecule has 0 aliphatic heterocycles. The highest BCUT2D eigenvalue weighted by Gasteiger charge is 2.39. The van der Waals surface area contributed by atoms with Crippen LogP contribution in [-0.2, 0) is 0 Å². The standard InChI is InChI=1S/C15H19FN2O/c1-11-9-13(4-5-14(11)16)19-8-6-12-3-2-7-15(12,18)10-17/h4-5,9,12H,2-3,6-8,18H2,1H3. The largest absolute Gasteiger partial charge is 0.494 e. The number of nitrogens with two attached hydrogens (primary N) is 1. The number of halogens is 1. The summed E-state index contributed by atoms with van der Waals surface area (Å²) in [4.78, 5) is 0. The number of hydrogen-bond donors (Lipinski definition) is 1. The molecular weight excluding hydrogens is 243 g/mol. The number of hydrogen-bond acceptors (Lipinski definition) is 3. The molecule has 0 saturated heterocycles. The van der Waals surface area contributed by atoms with Crippen LogP contribution in [-0.4, -0.2) is 12.1 Å². The molecule has 0 bridgehead atoms. The average Bonchev–Trinajstić information content (AvgIpc) is 2.76. The van der Waals surface area contributed by atoms with Crippen molar-refractivity contribution in [2.45, 2.75) is 38.1 Å². The average molecular weight is 262 g/mol. The van der Waals surface area contributed by atoms with E-state index in [-0.39, 0.29) is 11.7 Å². The highest BCUT2D eigenvalue weighted by atomic mass is 19.1. The van der Waals surface area contributed by atoms with Crippen molar-refractivity contribution in [1.29, 1.82) is 5.26 Å². The first-order chi connectivity index (χ1) is 9.05. The second-order valence-corrected chi connectivity index (χ2v) is 5.29. The van der Waals surface area contributed by atoms with E-state index in [0.717, 1.165) is 25.7 Å². The van der Waals surface area contributed by atoms with Crippen LogP contribution in [0.4, 0.5) is 4.39 Å². The van der Waals surface area contributed by atoms with Crippen LogP contribution < -0.4 is 10.5 Å². The Hall–Kier alpha value is -1.60. The molecule has 0 amide bonds. The SMILES string of the molecule is Cc1cc(OCCC2CCCC2(N)C#N)ccc1F. The third-order valence-corrected chi connectivity index (χ3v) is 3.94. The van der Waals surface area contributed by atoms with Gasteiger partial charge in [0.05, 0.1) is 12.7 Å². The highest BCUT2D eigenvalue weighted by Crippen LogP contribution is 2.35. The molecule has 19 heavy (non-hydrogen) atoms. The lowest BCUT2D eigenvalue weighted by Gasteiger charge is -2.23. The van der Waals surface area contributed by atoms with Gasteiger partial charge in [-0.25, -0.2) is 4.39 Å². The minimum Gasteiger partial charge on any atom is -0.494 e. The molecule has 2 N–H and O–H groups in total. The van der Waals surface area contributed by atoms with Crippen molar-refractivity contribution in [3.63, 3.8) is 0 Å². The molecule has 1 fully saturated rings. The maximum absolute atomic E-state index is 13.1. The summed E-state index contributed by atoms with van der Waals surface area (Å²) in [5.41, 5.74) is 5.94. The smallest absolute Gasteiger partial charge is 0.126 e. The number of aryl methyl sites for hydroxylation is 1. The van der Waals surface area contributed by atoms with Gasteiger partial charge in [-0.2, -0.15) is 5.26 Å². The Morgan fingerprint density at radius 2 is 2.37 bits per heavy atom. The fourth-order valence-electron chi connectivity index (χ4n) is 2.68. The normalized spacial score (nSPS) is 26.1. The van der Waals surface area contributed by atoms with Crippen LogP contribution in [0.5, 0.6) is 5.75 Å². The van der Waals surface area contributed by atoms with Crippen LogP contribution >= 0.6 is 0 Å². The van der Waals surface area contributed by atoms with Crippen molar-refractivity contribution < 1.29 is 9.13 Å². The lowest BCUT2D eigenvalue weighted by atomic mass is 9.87. The number of nitrogens with zero attached hydrogens (tertiary/aromatic N) is 1. The molecule has 102 valence electrons. The number of nitriles is 1. The van der Waals surface area contributed by atoms with Gasteiger partial charge in [0.2, 0.25) is 0 Å². The zero-order chi connectivity index (χ0) is 13.9. The van der Waals surface area contributed by atoms with Gasteiger partial charge in [0.1, 0.15) is 17.1 Å². The second-order valence-electron chi connectivity index (χ2n) is 5.29. The van der Waals surface area contributed by atoms with Crippen molar-refractivity contribution in [2.24, 2.45) is 11.7 Å². The molecule has 1 saturated carbocycles. The van der Waals surface area contributed by atoms with Gasteiger partial charge in [-0.1, -0.05) is 6.42 Å². The van der Waals surface area contributed by atoms with E-state index in [1.807, 2.05) is 0 Å². The van der Waals surface area contributed by atoms with Gasteiger partial charge < -0.3 is 10.5 Å². The van der Waals surface area contributed by atoms with Gasteiger partial charge >= 0.3 is 0 Å². The second kappa shape index (κ2) is 5.58. The van der Waals surface area contributed by atoms with Gasteiger partial charge in [0, 0.05) is 0 Å². The van der Waals surface area contributed by atoms with Crippen LogP contribution in [0.15, 0.2) is 18.2 Å². The molecule has 2 atom stereocenters. The van der Waals surface area contributed by atoms with Crippen LogP contribution in [0.25, 0.3) is 0 Å². The predicted molar refractivity (Wildman–Crippen MR) is 71.1 cm³/mol. The maximum Gasteiger partial charge on any atom is 0.126 e. The van der Waals surface area contributed by atoms with E-state index in [0.29, 0.717) is 17.9 Å². The molecule has 4 heteroatoms. The summed E-state index contributed by atoms with van der Waals surface area (Å²) >= 11 is 0. The van der Waals surface area contributed by atoms with Crippen LogP contribution in [0.1, 0.15) is 31.2 Å². The van der Waals surface area contributed by atoms with Crippen molar-refractivity contribution in [2.75, 3.05) is 6.61 Å². The summed E-state index contributed by atoms with van der Waals surface area (Å²) < 4.78 is 18.7. The van der Waals surface area contributed by atoms with E-state index in [1.54, 1.807) is 19.1 Å². The minimum absolute atomic E-state index is 0.194. The van der Waals surface area contributed by atoms with Gasteiger partial charge in [-0.05, 0) is 55.9 Å². The predicted octanol–water partition coefficient (Wildman–Crippen LogP) is 2.92. The Morgan fingerprint density at radius 1 is 1.58 bits per heavy atom. The van der Waals surface area contributed by atoms with Crippen LogP contribution in [0.2, 0.25) is 0 Å². The summed E-state index contributed by atoms with van der Waals surface area (Å²) in [7, 11) is 0. The van der Waals surface area contributed by atoms with Gasteiger partial charge in [-0.3, -0.25) is 0 Å². The Bertz CT molecular complexity index is 497. The van der Waals surface area contributed by atoms with Crippen molar-refractivity contribution >= 4 is 0 Å². The molecule has 0 radical (unpaired) electrons. The summed E-state index contributed by atoms with van der Waals surface area (Å²) in [5.74, 6) is 0.629. The molecule has 2 rings (SSSR count). The Labute approximate surface area is 113 Å². The van der Waals surface area contributed by atoms with Crippen LogP contribution in [0, 0.1) is 30.0 Å². The maximum atomic E-state index is 13.1. The summed E-state index contributed by atoms with van der Waals surface area (Å²) in [6, 6.07) is 6.94. The van der Waals surface area contributed by atoms with E-state index < -0.39 is 5.54 Å². The highest BCUT2D eigenvalue weighted by molar-refractivity contribution is 5.28. The summed E-state index contributed by atoms with van der Waals surface area (Å²) in [6.07, 6.45) is 3.52. The Morgan fingerprint density at radius 3 is 3.05 bits per heavy atom. The Balaban J connectivity index is 1.87. The molecule has 1 aromatic carbocycles. The Kier molecular flexibility index (Phi) is 4.06. The lowest BCUT2D eigenvalue weighted by Crippen LogP contribution is -2.42. The van der Waals surface area contributed by atoms with Crippen LogP contribution in [0.3, 0.4) is 0 Å². The van der Waals surface area contributed by atoms with E-state index in [1.165, 1.54) is 6.07 Å². The van der Waals surface area contributed by atoms with E-state index in [2.05, 4.69) is 6.07 Å². The molecule has 1 aliphatic carbocycles. The first-order valence-corrected chi connectivity index (χ1v) is 6.64. The van der Waals surface area contributed by atoms with Gasteiger partial charge in [0.25, 0.3) is 0 Å². The van der Waals surface area contributed by atoms with E-state index in [9.17, 15) is 4.39 Å². The van der Waals surface area contributed by atoms with Crippen molar-refractivity contribution in [1.82, 2.24) is 0 Å². The quantitative estimate of drug-likeness (QED) is 0.907. The molecule has 1 aromatic rings. The first-order valence-electron chi connectivity index (χ1n) is 6.64. The molecule has 2 unspecified atom stereocenters. The fourth-order valence-corrected chi connectivity index (χ4v) is 2.68. The zero-order valence-corrected chi connectivity index (χ0v) is 11.2. The molecule has 0 aromatic heterocycles. The zero-order valence-electron chi connectivity index (χ0n) is 11.2. The fraction of sp³-hybridized carbons (Fsp3) is 0.533. The number of ether oxygens (including phenoxy) is 1. The number of benzene rings is 1. The summed E-state index contributed by atoms with van der Waals surface area (Å²) in [5, 5.41) is 9.12. The van der Waals surface area contributed by atoms with E-state index in [4.69, 9.17) is 15.7 Å². The monoisotopic (exact) mass is 262 g/mol. The first kappa shape index (κ1) is 13.8. The minimum atomic E-state index is -0.692. The third kappa shape index (κ3) is 3.05. The lowest BCUT2D eigenvalue weighted by molar-refractivity contribution is 0.254. The molecule has 0 spiro atoms. The molecular formula is C15H19FN2O. The third-order valence-electron chi connectivity index (χ3n) is 3.94. The van der Waals surface area contributed by atoms with Crippen molar-refractivity contribution in [3.05, 3.63) is 29.6 Å². The van der Waals surface area contributed by atoms with E-state index >= 15 is 0 Å². The topological polar surface area (TPSA) is 59.0 Å². The number of rotatable bonds is 4. The molecule has 3 nitrogen and oxygen atoms in total. The van der Waals surface area contributed by atoms with Gasteiger partial charge in [-0.15, -0.1) is 0 Å². The van der Waals surface area contributed by atoms with Gasteiger partial charge in [0.15, 0.2) is 0 Å². The molecule has 1 aliphatic rings. The molecule has 0 heterocycles. The summed E-state index contributed by atoms with van der Waals surface area (Å²) in [6.45, 7) is 2.22. The van der Waals surface area contributed by atoms with Crippen molar-refractivity contribution in [3.8, 4) is 11.8 Å².